The number of rotatable bonds is 6. The van der Waals surface area contributed by atoms with Gasteiger partial charge in [-0.15, -0.1) is 11.3 Å². The molecule has 2 aromatic rings. The third-order valence-corrected chi connectivity index (χ3v) is 3.86. The molecule has 7 heteroatoms. The summed E-state index contributed by atoms with van der Waals surface area (Å²) in [7, 11) is 4.05. The molecule has 0 saturated heterocycles. The highest BCUT2D eigenvalue weighted by molar-refractivity contribution is 7.13. The zero-order chi connectivity index (χ0) is 16.2. The number of nitrogens with zero attached hydrogens (tertiary/aromatic N) is 4. The van der Waals surface area contributed by atoms with Gasteiger partial charge in [0.1, 0.15) is 16.4 Å². The van der Waals surface area contributed by atoms with Crippen LogP contribution in [-0.4, -0.2) is 52.9 Å². The fraction of sp³-hybridized carbons (Fsp3) is 0.467. The lowest BCUT2D eigenvalue weighted by Crippen LogP contribution is -2.40. The fourth-order valence-electron chi connectivity index (χ4n) is 2.23. The Kier molecular flexibility index (Phi) is 5.20. The van der Waals surface area contributed by atoms with Gasteiger partial charge in [-0.1, -0.05) is 13.8 Å². The minimum Gasteiger partial charge on any atom is -0.350 e. The average molecular weight is 319 g/mol. The van der Waals surface area contributed by atoms with Crippen LogP contribution in [0.25, 0.3) is 10.7 Å². The van der Waals surface area contributed by atoms with Crippen molar-refractivity contribution in [1.82, 2.24) is 25.2 Å². The molecule has 1 amide bonds. The predicted octanol–water partition coefficient (Wildman–Crippen LogP) is 1.92. The van der Waals surface area contributed by atoms with Gasteiger partial charge in [-0.3, -0.25) is 14.8 Å². The summed E-state index contributed by atoms with van der Waals surface area (Å²) in [5.74, 6) is -0.154. The summed E-state index contributed by atoms with van der Waals surface area (Å²) in [5, 5.41) is 5.40. The van der Waals surface area contributed by atoms with Crippen molar-refractivity contribution in [2.24, 2.45) is 5.41 Å². The maximum atomic E-state index is 12.2. The van der Waals surface area contributed by atoms with Crippen molar-refractivity contribution in [1.29, 1.82) is 0 Å². The normalized spacial score (nSPS) is 11.7. The second-order valence-corrected chi connectivity index (χ2v) is 7.07. The average Bonchev–Trinajstić information content (AvgIpc) is 2.94. The Bertz CT molecular complexity index is 624. The van der Waals surface area contributed by atoms with E-state index in [9.17, 15) is 4.79 Å². The minimum absolute atomic E-state index is 0.00289. The molecule has 2 rings (SSSR count). The molecular weight excluding hydrogens is 298 g/mol. The van der Waals surface area contributed by atoms with Crippen LogP contribution in [-0.2, 0) is 0 Å². The lowest BCUT2D eigenvalue weighted by Gasteiger charge is -2.28. The Morgan fingerprint density at radius 1 is 1.36 bits per heavy atom. The molecule has 0 fully saturated rings. The maximum Gasteiger partial charge on any atom is 0.270 e. The van der Waals surface area contributed by atoms with Crippen molar-refractivity contribution in [3.8, 4) is 10.7 Å². The number of carbonyl (C=O) groups is 1. The van der Waals surface area contributed by atoms with E-state index in [-0.39, 0.29) is 11.3 Å². The highest BCUT2D eigenvalue weighted by Crippen LogP contribution is 2.21. The van der Waals surface area contributed by atoms with E-state index in [1.54, 1.807) is 24.0 Å². The molecule has 0 saturated carbocycles. The van der Waals surface area contributed by atoms with E-state index in [2.05, 4.69) is 39.0 Å². The highest BCUT2D eigenvalue weighted by Gasteiger charge is 2.21. The first-order chi connectivity index (χ1) is 10.4. The lowest BCUT2D eigenvalue weighted by atomic mass is 9.93. The molecule has 118 valence electrons. The van der Waals surface area contributed by atoms with Gasteiger partial charge in [0.25, 0.3) is 5.91 Å². The topological polar surface area (TPSA) is 71.0 Å². The van der Waals surface area contributed by atoms with E-state index in [4.69, 9.17) is 0 Å². The molecule has 0 atom stereocenters. The summed E-state index contributed by atoms with van der Waals surface area (Å²) in [5.41, 5.74) is 1.11. The molecule has 0 spiro atoms. The van der Waals surface area contributed by atoms with Gasteiger partial charge in [0.2, 0.25) is 0 Å². The van der Waals surface area contributed by atoms with E-state index >= 15 is 0 Å². The summed E-state index contributed by atoms with van der Waals surface area (Å²) in [6.45, 7) is 5.75. The van der Waals surface area contributed by atoms with Crippen LogP contribution >= 0.6 is 11.3 Å². The van der Waals surface area contributed by atoms with Gasteiger partial charge in [0.15, 0.2) is 0 Å². The first-order valence-electron chi connectivity index (χ1n) is 7.02. The molecule has 2 heterocycles. The molecule has 0 aromatic carbocycles. The zero-order valence-electron chi connectivity index (χ0n) is 13.3. The van der Waals surface area contributed by atoms with Crippen LogP contribution in [0.4, 0.5) is 0 Å². The zero-order valence-corrected chi connectivity index (χ0v) is 14.1. The molecule has 6 nitrogen and oxygen atoms in total. The first-order valence-corrected chi connectivity index (χ1v) is 7.90. The Balaban J connectivity index is 1.98. The van der Waals surface area contributed by atoms with E-state index < -0.39 is 0 Å². The van der Waals surface area contributed by atoms with Crippen LogP contribution < -0.4 is 5.32 Å². The molecule has 1 N–H and O–H groups in total. The number of hydrogen-bond acceptors (Lipinski definition) is 6. The van der Waals surface area contributed by atoms with Crippen molar-refractivity contribution in [3.63, 3.8) is 0 Å². The monoisotopic (exact) mass is 319 g/mol. The Labute approximate surface area is 134 Å². The SMILES string of the molecule is CN(C)CC(C)(C)CNC(=O)c1csc(-c2cnccn2)n1. The van der Waals surface area contributed by atoms with Gasteiger partial charge in [-0.2, -0.15) is 0 Å². The lowest BCUT2D eigenvalue weighted by molar-refractivity contribution is 0.0925. The van der Waals surface area contributed by atoms with Gasteiger partial charge >= 0.3 is 0 Å². The van der Waals surface area contributed by atoms with Gasteiger partial charge in [0.05, 0.1) is 6.20 Å². The second-order valence-electron chi connectivity index (χ2n) is 6.21. The molecule has 22 heavy (non-hydrogen) atoms. The van der Waals surface area contributed by atoms with Crippen LogP contribution in [0.1, 0.15) is 24.3 Å². The van der Waals surface area contributed by atoms with Gasteiger partial charge in [0, 0.05) is 30.9 Å². The van der Waals surface area contributed by atoms with Crippen LogP contribution in [0, 0.1) is 5.41 Å². The van der Waals surface area contributed by atoms with Gasteiger partial charge in [-0.25, -0.2) is 4.98 Å². The molecule has 0 aliphatic rings. The number of carbonyl (C=O) groups excluding carboxylic acids is 1. The molecule has 0 aliphatic heterocycles. The molecule has 2 aromatic heterocycles. The third kappa shape index (κ3) is 4.57. The number of amides is 1. The molecular formula is C15H21N5OS. The largest absolute Gasteiger partial charge is 0.350 e. The van der Waals surface area contributed by atoms with E-state index in [0.717, 1.165) is 6.54 Å². The molecule has 0 radical (unpaired) electrons. The van der Waals surface area contributed by atoms with Gasteiger partial charge in [-0.05, 0) is 19.5 Å². The predicted molar refractivity (Wildman–Crippen MR) is 87.8 cm³/mol. The van der Waals surface area contributed by atoms with Crippen molar-refractivity contribution in [2.45, 2.75) is 13.8 Å². The van der Waals surface area contributed by atoms with Crippen LogP contribution in [0.2, 0.25) is 0 Å². The first kappa shape index (κ1) is 16.5. The molecule has 0 bridgehead atoms. The minimum atomic E-state index is -0.154. The fourth-order valence-corrected chi connectivity index (χ4v) is 2.99. The summed E-state index contributed by atoms with van der Waals surface area (Å²) in [6, 6.07) is 0. The molecule has 0 unspecified atom stereocenters. The van der Waals surface area contributed by atoms with E-state index in [1.165, 1.54) is 11.3 Å². The number of hydrogen-bond donors (Lipinski definition) is 1. The smallest absolute Gasteiger partial charge is 0.270 e. The second kappa shape index (κ2) is 6.93. The van der Waals surface area contributed by atoms with Crippen molar-refractivity contribution < 1.29 is 4.79 Å². The number of thiazole rings is 1. The standard InChI is InChI=1S/C15H21N5OS/c1-15(2,10-20(3)4)9-18-13(21)12-8-22-14(19-12)11-7-16-5-6-17-11/h5-8H,9-10H2,1-4H3,(H,18,21). The Morgan fingerprint density at radius 3 is 2.77 bits per heavy atom. The van der Waals surface area contributed by atoms with Crippen LogP contribution in [0.3, 0.4) is 0 Å². The summed E-state index contributed by atoms with van der Waals surface area (Å²) in [4.78, 5) is 26.9. The van der Waals surface area contributed by atoms with Crippen LogP contribution in [0.15, 0.2) is 24.0 Å². The Morgan fingerprint density at radius 2 is 2.14 bits per heavy atom. The highest BCUT2D eigenvalue weighted by atomic mass is 32.1. The number of nitrogens with one attached hydrogen (secondary N) is 1. The summed E-state index contributed by atoms with van der Waals surface area (Å²) in [6.07, 6.45) is 4.86. The summed E-state index contributed by atoms with van der Waals surface area (Å²) >= 11 is 1.39. The number of aromatic nitrogens is 3. The quantitative estimate of drug-likeness (QED) is 0.881. The summed E-state index contributed by atoms with van der Waals surface area (Å²) < 4.78 is 0. The van der Waals surface area contributed by atoms with E-state index in [0.29, 0.717) is 22.9 Å². The maximum absolute atomic E-state index is 12.2. The van der Waals surface area contributed by atoms with E-state index in [1.807, 2.05) is 14.1 Å². The van der Waals surface area contributed by atoms with Crippen molar-refractivity contribution >= 4 is 17.2 Å². The molecule has 0 aliphatic carbocycles. The Hall–Kier alpha value is -1.86. The van der Waals surface area contributed by atoms with Gasteiger partial charge < -0.3 is 10.2 Å². The van der Waals surface area contributed by atoms with Crippen molar-refractivity contribution in [3.05, 3.63) is 29.7 Å². The third-order valence-electron chi connectivity index (χ3n) is 2.99. The van der Waals surface area contributed by atoms with Crippen molar-refractivity contribution in [2.75, 3.05) is 27.2 Å². The van der Waals surface area contributed by atoms with Crippen LogP contribution in [0.5, 0.6) is 0 Å².